The average molecular weight is 999 g/mol. The summed E-state index contributed by atoms with van der Waals surface area (Å²) in [5.41, 5.74) is -0.271. The molecule has 0 spiro atoms. The summed E-state index contributed by atoms with van der Waals surface area (Å²) in [6.07, 6.45) is -25.2. The molecule has 0 saturated heterocycles. The number of ketones is 2. The number of rotatable bonds is 3. The number of hydrogen-bond acceptors (Lipinski definition) is 16. The third kappa shape index (κ3) is 11.5. The number of pyridine rings is 2. The molecule has 0 aliphatic carbocycles. The van der Waals surface area contributed by atoms with Crippen molar-refractivity contribution in [3.05, 3.63) is 70.9 Å². The summed E-state index contributed by atoms with van der Waals surface area (Å²) >= 11 is 0. The topological polar surface area (TPSA) is 238 Å². The Hall–Kier alpha value is -6.58. The summed E-state index contributed by atoms with van der Waals surface area (Å²) in [7, 11) is 0. The standard InChI is InChI=1S/C24H22F6N4O4.C17H16F6N4O4/c1-13-6-5-9-15(35)11-22(24(28,29)30,36-12-14-7-3-2-4-8-14)21-34-33-20(38-21)18-17(31)10-16(23(25,26)27)19(32-18)37-13;1-7-3-2-4-8(28)6-15(29,17(21,22)23)14-27-26-13(31-14)11-10(24)5-9(16(18,19)20)12(25-11)30-7/h2-4,7-8,10,13H,5-6,9,11-12,31H2,1H3;5,7,29H,2-4,6,24H2,1H3/t13-,22-;7-,15-/m11/s1. The molecule has 5 N–H and O–H groups in total. The number of Topliss-reactive ketones (excluding diaryl/α,β-unsaturated/α-hetero) is 2. The van der Waals surface area contributed by atoms with Gasteiger partial charge in [-0.2, -0.15) is 52.7 Å². The predicted octanol–water partition coefficient (Wildman–Crippen LogP) is 9.01. The van der Waals surface area contributed by atoms with Crippen LogP contribution >= 0.6 is 0 Å². The molecule has 2 aliphatic rings. The van der Waals surface area contributed by atoms with E-state index in [1.165, 1.54) is 26.0 Å². The molecule has 7 rings (SSSR count). The minimum atomic E-state index is -5.36. The third-order valence-electron chi connectivity index (χ3n) is 10.5. The number of alkyl halides is 12. The molecule has 16 nitrogen and oxygen atoms in total. The van der Waals surface area contributed by atoms with E-state index in [0.717, 1.165) is 0 Å². The predicted molar refractivity (Wildman–Crippen MR) is 210 cm³/mol. The molecule has 1 aromatic carbocycles. The van der Waals surface area contributed by atoms with Crippen molar-refractivity contribution in [1.82, 2.24) is 30.4 Å². The molecule has 0 saturated carbocycles. The highest BCUT2D eigenvalue weighted by molar-refractivity contribution is 5.80. The zero-order valence-corrected chi connectivity index (χ0v) is 35.7. The number of hydrogen-bond donors (Lipinski definition) is 3. The van der Waals surface area contributed by atoms with E-state index in [1.807, 2.05) is 0 Å². The molecule has 0 radical (unpaired) electrons. The highest BCUT2D eigenvalue weighted by Crippen LogP contribution is 2.48. The maximum Gasteiger partial charge on any atom is 0.427 e. The molecular formula is C41H38F12N8O8. The van der Waals surface area contributed by atoms with Crippen LogP contribution in [0.4, 0.5) is 64.1 Å². The third-order valence-corrected chi connectivity index (χ3v) is 10.5. The number of carbonyl (C=O) groups excluding carboxylic acids is 2. The number of aliphatic hydroxyl groups is 1. The molecule has 6 heterocycles. The quantitative estimate of drug-likeness (QED) is 0.143. The van der Waals surface area contributed by atoms with Crippen LogP contribution in [0.1, 0.15) is 93.7 Å². The normalized spacial score (nSPS) is 22.0. The van der Waals surface area contributed by atoms with Crippen molar-refractivity contribution in [2.24, 2.45) is 0 Å². The van der Waals surface area contributed by atoms with Gasteiger partial charge in [-0.1, -0.05) is 30.3 Å². The van der Waals surface area contributed by atoms with Crippen LogP contribution in [-0.2, 0) is 44.5 Å². The number of halogens is 12. The first-order valence-electron chi connectivity index (χ1n) is 20.4. The maximum atomic E-state index is 14.7. The molecule has 0 amide bonds. The lowest BCUT2D eigenvalue weighted by molar-refractivity contribution is -0.297. The number of anilines is 2. The molecule has 5 aromatic rings. The number of benzene rings is 1. The number of nitrogen functional groups attached to an aromatic ring is 2. The van der Waals surface area contributed by atoms with E-state index in [1.54, 1.807) is 18.2 Å². The number of nitrogens with two attached hydrogens (primary N) is 2. The fourth-order valence-electron chi connectivity index (χ4n) is 6.90. The van der Waals surface area contributed by atoms with Crippen molar-refractivity contribution in [2.45, 2.75) is 120 Å². The molecule has 2 aliphatic heterocycles. The van der Waals surface area contributed by atoms with Gasteiger partial charge < -0.3 is 39.6 Å². The second-order valence-corrected chi connectivity index (χ2v) is 15.9. The van der Waals surface area contributed by atoms with Gasteiger partial charge in [0.05, 0.1) is 43.0 Å². The molecule has 28 heteroatoms. The SMILES string of the molecule is C[C@@H]1CCCC(=O)C[C@](O)(C(F)(F)F)c2nnc(o2)-c2nc(c(C(F)(F)F)cc2N)O1.C[C@@H]1CCCC(=O)C[C@](OCc2ccccc2)(C(F)(F)F)c2nnc(o2)-c2nc(c(C(F)(F)F)cc2N)O1. The Morgan fingerprint density at radius 1 is 0.667 bits per heavy atom. The molecule has 4 atom stereocenters. The van der Waals surface area contributed by atoms with Crippen LogP contribution in [0.5, 0.6) is 11.8 Å². The van der Waals surface area contributed by atoms with E-state index >= 15 is 0 Å². The molecule has 0 unspecified atom stereocenters. The summed E-state index contributed by atoms with van der Waals surface area (Å²) in [5, 5.41) is 23.7. The zero-order valence-electron chi connectivity index (χ0n) is 35.7. The number of carbonyl (C=O) groups is 2. The average Bonchev–Trinajstić information content (AvgIpc) is 3.94. The summed E-state index contributed by atoms with van der Waals surface area (Å²) < 4.78 is 192. The van der Waals surface area contributed by atoms with Crippen LogP contribution in [0.15, 0.2) is 51.3 Å². The molecular weight excluding hydrogens is 960 g/mol. The van der Waals surface area contributed by atoms with Gasteiger partial charge in [-0.05, 0) is 57.2 Å². The van der Waals surface area contributed by atoms with E-state index in [4.69, 9.17) is 34.5 Å². The second kappa shape index (κ2) is 19.4. The Balaban J connectivity index is 0.000000232. The van der Waals surface area contributed by atoms with Gasteiger partial charge >= 0.3 is 24.7 Å². The van der Waals surface area contributed by atoms with Gasteiger partial charge in [-0.15, -0.1) is 20.4 Å². The van der Waals surface area contributed by atoms with Crippen LogP contribution in [-0.4, -0.2) is 71.6 Å². The summed E-state index contributed by atoms with van der Waals surface area (Å²) in [6.45, 7) is 2.30. The van der Waals surface area contributed by atoms with Crippen LogP contribution in [0.2, 0.25) is 0 Å². The van der Waals surface area contributed by atoms with Gasteiger partial charge in [0.2, 0.25) is 23.0 Å². The van der Waals surface area contributed by atoms with Crippen LogP contribution in [0, 0.1) is 0 Å². The molecule has 69 heavy (non-hydrogen) atoms. The Labute approximate surface area is 380 Å². The van der Waals surface area contributed by atoms with Crippen LogP contribution in [0.25, 0.3) is 23.2 Å². The Kier molecular flexibility index (Phi) is 14.6. The smallest absolute Gasteiger partial charge is 0.427 e. The monoisotopic (exact) mass is 998 g/mol. The van der Waals surface area contributed by atoms with E-state index in [9.17, 15) is 67.4 Å². The van der Waals surface area contributed by atoms with Crippen molar-refractivity contribution < 1.29 is 90.4 Å². The van der Waals surface area contributed by atoms with Gasteiger partial charge in [0, 0.05) is 12.8 Å². The lowest BCUT2D eigenvalue weighted by Gasteiger charge is -2.32. The lowest BCUT2D eigenvalue weighted by atomic mass is 9.93. The zero-order chi connectivity index (χ0) is 50.9. The fraction of sp³-hybridized carbons (Fsp3) is 0.463. The Morgan fingerprint density at radius 3 is 1.57 bits per heavy atom. The van der Waals surface area contributed by atoms with Crippen LogP contribution < -0.4 is 20.9 Å². The molecule has 0 fully saturated rings. The minimum Gasteiger partial charge on any atom is -0.474 e. The number of fused-ring (bicyclic) bond motifs is 10. The number of nitrogens with zero attached hydrogens (tertiary/aromatic N) is 6. The van der Waals surface area contributed by atoms with Crippen molar-refractivity contribution in [1.29, 1.82) is 0 Å². The van der Waals surface area contributed by atoms with E-state index in [0.29, 0.717) is 17.7 Å². The highest BCUT2D eigenvalue weighted by atomic mass is 19.4. The van der Waals surface area contributed by atoms with Crippen molar-refractivity contribution in [2.75, 3.05) is 11.5 Å². The first-order valence-corrected chi connectivity index (χ1v) is 20.4. The van der Waals surface area contributed by atoms with Crippen molar-refractivity contribution in [3.63, 3.8) is 0 Å². The van der Waals surface area contributed by atoms with Crippen molar-refractivity contribution >= 4 is 22.9 Å². The number of aromatic nitrogens is 6. The largest absolute Gasteiger partial charge is 0.474 e. The molecule has 374 valence electrons. The van der Waals surface area contributed by atoms with Crippen molar-refractivity contribution in [3.8, 4) is 34.9 Å². The second-order valence-electron chi connectivity index (χ2n) is 15.9. The maximum absolute atomic E-state index is 14.7. The van der Waals surface area contributed by atoms with Gasteiger partial charge in [0.25, 0.3) is 23.6 Å². The first kappa shape index (κ1) is 51.8. The number of ether oxygens (including phenoxy) is 3. The van der Waals surface area contributed by atoms with Gasteiger partial charge in [-0.25, -0.2) is 9.97 Å². The van der Waals surface area contributed by atoms with E-state index in [2.05, 4.69) is 30.4 Å². The highest BCUT2D eigenvalue weighted by Gasteiger charge is 2.63. The summed E-state index contributed by atoms with van der Waals surface area (Å²) in [6, 6.07) is 8.95. The van der Waals surface area contributed by atoms with E-state index in [-0.39, 0.29) is 38.5 Å². The Morgan fingerprint density at radius 2 is 1.12 bits per heavy atom. The van der Waals surface area contributed by atoms with Gasteiger partial charge in [0.15, 0.2) is 11.4 Å². The van der Waals surface area contributed by atoms with Gasteiger partial charge in [-0.3, -0.25) is 9.59 Å². The lowest BCUT2D eigenvalue weighted by Crippen LogP contribution is -2.47. The minimum absolute atomic E-state index is 0.00774. The fourth-order valence-corrected chi connectivity index (χ4v) is 6.90. The molecule has 4 aromatic heterocycles. The van der Waals surface area contributed by atoms with Gasteiger partial charge in [0.1, 0.15) is 22.7 Å². The molecule has 8 bridgehead atoms. The Bertz CT molecular complexity index is 2640. The first-order chi connectivity index (χ1) is 32.0. The van der Waals surface area contributed by atoms with Crippen LogP contribution in [0.3, 0.4) is 0 Å². The summed E-state index contributed by atoms with van der Waals surface area (Å²) in [5.74, 6) is -7.51. The summed E-state index contributed by atoms with van der Waals surface area (Å²) in [4.78, 5) is 32.3. The van der Waals surface area contributed by atoms with E-state index < -0.39 is 148 Å².